The average Bonchev–Trinajstić information content (AvgIpc) is 2.84. The van der Waals surface area contributed by atoms with E-state index in [0.29, 0.717) is 29.8 Å². The number of benzene rings is 1. The first kappa shape index (κ1) is 26.8. The summed E-state index contributed by atoms with van der Waals surface area (Å²) in [5, 5.41) is 13.0. The van der Waals surface area contributed by atoms with E-state index in [-0.39, 0.29) is 23.2 Å². The highest BCUT2D eigenvalue weighted by atomic mass is 32.2. The molecular weight excluding hydrogens is 504 g/mol. The molecule has 1 saturated heterocycles. The summed E-state index contributed by atoms with van der Waals surface area (Å²) in [6.45, 7) is 2.06. The molecule has 0 spiro atoms. The zero-order valence-electron chi connectivity index (χ0n) is 20.8. The maximum atomic E-state index is 14.8. The van der Waals surface area contributed by atoms with Crippen LogP contribution in [0.1, 0.15) is 49.4 Å². The van der Waals surface area contributed by atoms with Crippen molar-refractivity contribution < 1.29 is 27.7 Å². The number of nitrogens with one attached hydrogen (secondary N) is 2. The van der Waals surface area contributed by atoms with Gasteiger partial charge in [-0.2, -0.15) is 19.2 Å². The van der Waals surface area contributed by atoms with Gasteiger partial charge in [-0.05, 0) is 44.4 Å². The van der Waals surface area contributed by atoms with Crippen LogP contribution in [0.2, 0.25) is 0 Å². The van der Waals surface area contributed by atoms with E-state index in [1.807, 2.05) is 6.08 Å². The third-order valence-corrected chi connectivity index (χ3v) is 8.57. The Balaban J connectivity index is 1.70. The second kappa shape index (κ2) is 9.55. The van der Waals surface area contributed by atoms with E-state index in [1.54, 1.807) is 18.5 Å². The Morgan fingerprint density at radius 2 is 2.00 bits per heavy atom. The fourth-order valence-electron chi connectivity index (χ4n) is 4.47. The molecule has 4 rings (SSSR count). The number of fused-ring (bicyclic) bond motifs is 1. The maximum absolute atomic E-state index is 14.8. The number of hydrogen-bond donors (Lipinski definition) is 4. The predicted octanol–water partition coefficient (Wildman–Crippen LogP) is 1.31. The molecule has 1 aromatic carbocycles. The third kappa shape index (κ3) is 5.25. The second-order valence-corrected chi connectivity index (χ2v) is 12.2. The van der Waals surface area contributed by atoms with Gasteiger partial charge < -0.3 is 10.4 Å². The van der Waals surface area contributed by atoms with Gasteiger partial charge in [-0.25, -0.2) is 23.2 Å². The molecule has 5 N–H and O–H groups in total. The monoisotopic (exact) mass is 534 g/mol. The number of allylic oxidation sites excluding steroid dienone is 1. The summed E-state index contributed by atoms with van der Waals surface area (Å²) in [5.41, 5.74) is 3.32. The summed E-state index contributed by atoms with van der Waals surface area (Å²) in [5.74, 6) is -0.0982. The highest BCUT2D eigenvalue weighted by Gasteiger charge is 2.47. The van der Waals surface area contributed by atoms with E-state index in [4.69, 9.17) is 6.42 Å². The van der Waals surface area contributed by atoms with Crippen molar-refractivity contribution in [3.8, 4) is 12.3 Å². The Hall–Kier alpha value is -3.27. The van der Waals surface area contributed by atoms with Crippen LogP contribution in [0.25, 0.3) is 6.08 Å². The molecule has 0 amide bonds. The average molecular weight is 535 g/mol. The highest BCUT2D eigenvalue weighted by molar-refractivity contribution is 7.91. The van der Waals surface area contributed by atoms with Crippen molar-refractivity contribution in [3.05, 3.63) is 57.1 Å². The van der Waals surface area contributed by atoms with Crippen LogP contribution < -0.4 is 21.9 Å². The molecule has 37 heavy (non-hydrogen) atoms. The number of rotatable bonds is 6. The van der Waals surface area contributed by atoms with E-state index < -0.39 is 38.7 Å². The number of sulfone groups is 1. The van der Waals surface area contributed by atoms with Crippen LogP contribution in [0, 0.1) is 18.3 Å². The zero-order chi connectivity index (χ0) is 27.2. The summed E-state index contributed by atoms with van der Waals surface area (Å²) in [6.07, 6.45) is 8.52. The van der Waals surface area contributed by atoms with Gasteiger partial charge in [-0.1, -0.05) is 24.1 Å². The number of nitrogens with two attached hydrogens (primary N) is 1. The number of halogens is 2. The molecule has 2 aliphatic heterocycles. The molecule has 9 nitrogen and oxygen atoms in total. The quantitative estimate of drug-likeness (QED) is 0.325. The van der Waals surface area contributed by atoms with Crippen molar-refractivity contribution in [2.24, 2.45) is 13.0 Å². The van der Waals surface area contributed by atoms with Crippen LogP contribution in [-0.4, -0.2) is 40.2 Å². The van der Waals surface area contributed by atoms with Crippen LogP contribution in [0.5, 0.6) is 0 Å². The van der Waals surface area contributed by atoms with Crippen molar-refractivity contribution in [3.63, 3.8) is 0 Å². The van der Waals surface area contributed by atoms with Gasteiger partial charge in [0, 0.05) is 18.5 Å². The summed E-state index contributed by atoms with van der Waals surface area (Å²) >= 11 is 0. The highest BCUT2D eigenvalue weighted by Crippen LogP contribution is 2.39. The Morgan fingerprint density at radius 1 is 1.32 bits per heavy atom. The molecule has 2 aromatic rings. The molecule has 1 atom stereocenters. The van der Waals surface area contributed by atoms with Gasteiger partial charge in [0.15, 0.2) is 0 Å². The number of nitrogens with zero attached hydrogens (tertiary/aromatic N) is 2. The number of aromatic nitrogens is 2. The van der Waals surface area contributed by atoms with Crippen LogP contribution in [0.4, 0.5) is 20.4 Å². The van der Waals surface area contributed by atoms with Crippen molar-refractivity contribution >= 4 is 27.5 Å². The number of hydrogen-bond acceptors (Lipinski definition) is 7. The summed E-state index contributed by atoms with van der Waals surface area (Å²) in [7, 11) is -1.46. The van der Waals surface area contributed by atoms with Gasteiger partial charge >= 0.3 is 11.6 Å². The number of aliphatic hydroxyl groups is 1. The number of quaternary nitrogens is 1. The van der Waals surface area contributed by atoms with Gasteiger partial charge in [0.2, 0.25) is 5.82 Å². The standard InChI is InChI=1S/C25H29F2N5O4S/c1-5-19(16-7-6-8-17(13-16)25(26,27)24(2,3)34)28-21-18-14-20(15-9-11-37(35,36)12-10-15)30-31-22(18)32(4)23(33)29-21/h1,6-8,13-15,19,30-31,34H,9-12H2,2-4H3,(H,28,29,33)/p+1/t19-/m1/s1. The van der Waals surface area contributed by atoms with E-state index in [0.717, 1.165) is 19.5 Å². The van der Waals surface area contributed by atoms with Gasteiger partial charge in [0.1, 0.15) is 32.9 Å². The van der Waals surface area contributed by atoms with Crippen molar-refractivity contribution in [2.45, 2.75) is 44.3 Å². The fourth-order valence-corrected chi connectivity index (χ4v) is 5.96. The molecule has 0 aliphatic carbocycles. The number of anilines is 1. The molecule has 2 aliphatic rings. The van der Waals surface area contributed by atoms with Crippen LogP contribution in [0.3, 0.4) is 0 Å². The lowest BCUT2D eigenvalue weighted by molar-refractivity contribution is -0.633. The molecule has 0 radical (unpaired) electrons. The molecule has 12 heteroatoms. The van der Waals surface area contributed by atoms with Gasteiger partial charge in [-0.3, -0.25) is 0 Å². The molecule has 1 aromatic heterocycles. The normalized spacial score (nSPS) is 18.7. The van der Waals surface area contributed by atoms with Crippen molar-refractivity contribution in [2.75, 3.05) is 16.8 Å². The Morgan fingerprint density at radius 3 is 2.62 bits per heavy atom. The third-order valence-electron chi connectivity index (χ3n) is 6.86. The largest absolute Gasteiger partial charge is 0.384 e. The minimum Gasteiger partial charge on any atom is -0.384 e. The minimum atomic E-state index is -3.53. The second-order valence-electron chi connectivity index (χ2n) is 9.92. The first-order valence-electron chi connectivity index (χ1n) is 11.8. The van der Waals surface area contributed by atoms with Crippen LogP contribution in [0.15, 0.2) is 34.8 Å². The summed E-state index contributed by atoms with van der Waals surface area (Å²) < 4.78 is 54.7. The zero-order valence-corrected chi connectivity index (χ0v) is 21.6. The van der Waals surface area contributed by atoms with E-state index in [1.165, 1.54) is 22.8 Å². The van der Waals surface area contributed by atoms with Crippen molar-refractivity contribution in [1.82, 2.24) is 15.0 Å². The van der Waals surface area contributed by atoms with Crippen LogP contribution in [-0.2, 0) is 22.8 Å². The van der Waals surface area contributed by atoms with Gasteiger partial charge in [0.05, 0.1) is 17.2 Å². The number of terminal acetylenes is 1. The number of alkyl halides is 2. The lowest BCUT2D eigenvalue weighted by Gasteiger charge is -2.30. The first-order chi connectivity index (χ1) is 17.2. The SMILES string of the molecule is C#C[C@@H](Nc1nc(=O)n(C)c2c1C=C(C1CCS(=O)(=O)CC1)N[NH2+]2)c1cccc(C(F)(F)C(C)(C)O)c1. The molecule has 0 saturated carbocycles. The van der Waals surface area contributed by atoms with E-state index in [2.05, 4.69) is 21.6 Å². The predicted molar refractivity (Wildman–Crippen MR) is 135 cm³/mol. The maximum Gasteiger partial charge on any atom is 0.353 e. The van der Waals surface area contributed by atoms with Crippen molar-refractivity contribution in [1.29, 1.82) is 0 Å². The lowest BCUT2D eigenvalue weighted by Crippen LogP contribution is -2.90. The van der Waals surface area contributed by atoms with E-state index in [9.17, 15) is 27.1 Å². The molecular formula is C25H30F2N5O4S+. The summed E-state index contributed by atoms with van der Waals surface area (Å²) in [4.78, 5) is 16.7. The topological polar surface area (TPSA) is 130 Å². The Labute approximate surface area is 213 Å². The molecule has 0 bridgehead atoms. The van der Waals surface area contributed by atoms with Gasteiger partial charge in [-0.15, -0.1) is 6.42 Å². The fraction of sp³-hybridized carbons (Fsp3) is 0.440. The Bertz CT molecular complexity index is 1440. The lowest BCUT2D eigenvalue weighted by atomic mass is 9.91. The van der Waals surface area contributed by atoms with Gasteiger partial charge in [0.25, 0.3) is 0 Å². The molecule has 198 valence electrons. The first-order valence-corrected chi connectivity index (χ1v) is 13.6. The van der Waals surface area contributed by atoms with Crippen LogP contribution >= 0.6 is 0 Å². The molecule has 0 unspecified atom stereocenters. The Kier molecular flexibility index (Phi) is 6.92. The summed E-state index contributed by atoms with van der Waals surface area (Å²) in [6, 6.07) is 4.53. The molecule has 3 heterocycles. The smallest absolute Gasteiger partial charge is 0.353 e. The minimum absolute atomic E-state index is 0.0119. The van der Waals surface area contributed by atoms with E-state index >= 15 is 0 Å². The molecule has 1 fully saturated rings.